The first kappa shape index (κ1) is 13.7. The van der Waals surface area contributed by atoms with E-state index in [4.69, 9.17) is 0 Å². The molecule has 1 heterocycles. The highest BCUT2D eigenvalue weighted by Gasteiger charge is 2.14. The van der Waals surface area contributed by atoms with Crippen LogP contribution in [0.4, 0.5) is 4.39 Å². The highest BCUT2D eigenvalue weighted by molar-refractivity contribution is 9.10. The molecule has 0 saturated heterocycles. The zero-order valence-electron chi connectivity index (χ0n) is 10.5. The van der Waals surface area contributed by atoms with Crippen LogP contribution in [0.25, 0.3) is 10.1 Å². The normalized spacial score (nSPS) is 12.8. The van der Waals surface area contributed by atoms with Gasteiger partial charge in [-0.1, -0.05) is 40.2 Å². The standard InChI is InChI=1S/C16H12BrFOS/c17-12-6-5-10(13(18)9-12)7-14(19)16-8-11-3-1-2-4-15(11)20-16/h1-6,8-9,14,19H,7H2. The molecule has 0 radical (unpaired) electrons. The first-order chi connectivity index (χ1) is 9.63. The molecule has 102 valence electrons. The van der Waals surface area contributed by atoms with Crippen LogP contribution in [0.1, 0.15) is 16.5 Å². The predicted molar refractivity (Wildman–Crippen MR) is 84.6 cm³/mol. The van der Waals surface area contributed by atoms with Crippen LogP contribution in [0.5, 0.6) is 0 Å². The number of hydrogen-bond donors (Lipinski definition) is 1. The number of aliphatic hydroxyl groups is 1. The van der Waals surface area contributed by atoms with E-state index in [-0.39, 0.29) is 12.2 Å². The summed E-state index contributed by atoms with van der Waals surface area (Å²) in [5.41, 5.74) is 0.526. The molecule has 4 heteroatoms. The van der Waals surface area contributed by atoms with E-state index in [1.54, 1.807) is 23.5 Å². The first-order valence-corrected chi connectivity index (χ1v) is 7.85. The Morgan fingerprint density at radius 1 is 1.15 bits per heavy atom. The second-order valence-corrected chi connectivity index (χ2v) is 6.67. The third-order valence-electron chi connectivity index (χ3n) is 3.20. The van der Waals surface area contributed by atoms with Gasteiger partial charge in [0.25, 0.3) is 0 Å². The minimum absolute atomic E-state index is 0.284. The monoisotopic (exact) mass is 350 g/mol. The van der Waals surface area contributed by atoms with Crippen molar-refractivity contribution in [2.24, 2.45) is 0 Å². The van der Waals surface area contributed by atoms with Gasteiger partial charge in [-0.2, -0.15) is 0 Å². The number of benzene rings is 2. The van der Waals surface area contributed by atoms with Crippen LogP contribution in [-0.2, 0) is 6.42 Å². The van der Waals surface area contributed by atoms with E-state index in [1.807, 2.05) is 30.3 Å². The summed E-state index contributed by atoms with van der Waals surface area (Å²) in [6.45, 7) is 0. The molecule has 1 N–H and O–H groups in total. The number of aliphatic hydroxyl groups excluding tert-OH is 1. The molecular formula is C16H12BrFOS. The summed E-state index contributed by atoms with van der Waals surface area (Å²) in [4.78, 5) is 0.869. The fraction of sp³-hybridized carbons (Fsp3) is 0.125. The number of thiophene rings is 1. The van der Waals surface area contributed by atoms with Gasteiger partial charge in [-0.15, -0.1) is 11.3 Å². The smallest absolute Gasteiger partial charge is 0.127 e. The molecule has 0 aliphatic heterocycles. The van der Waals surface area contributed by atoms with E-state index < -0.39 is 6.10 Å². The van der Waals surface area contributed by atoms with Gasteiger partial charge < -0.3 is 5.11 Å². The van der Waals surface area contributed by atoms with Crippen LogP contribution in [0.15, 0.2) is 53.0 Å². The van der Waals surface area contributed by atoms with Crippen molar-refractivity contribution in [1.82, 2.24) is 0 Å². The van der Waals surface area contributed by atoms with Crippen LogP contribution in [0.2, 0.25) is 0 Å². The summed E-state index contributed by atoms with van der Waals surface area (Å²) in [6, 6.07) is 14.9. The maximum atomic E-state index is 13.8. The summed E-state index contributed by atoms with van der Waals surface area (Å²) in [6.07, 6.45) is -0.394. The van der Waals surface area contributed by atoms with Gasteiger partial charge in [-0.25, -0.2) is 4.39 Å². The molecule has 0 spiro atoms. The van der Waals surface area contributed by atoms with Crippen molar-refractivity contribution in [1.29, 1.82) is 0 Å². The number of fused-ring (bicyclic) bond motifs is 1. The van der Waals surface area contributed by atoms with Crippen molar-refractivity contribution in [3.05, 3.63) is 69.3 Å². The molecule has 1 unspecified atom stereocenters. The molecule has 0 amide bonds. The summed E-state index contributed by atoms with van der Waals surface area (Å²) in [5, 5.41) is 11.4. The van der Waals surface area contributed by atoms with Crippen LogP contribution < -0.4 is 0 Å². The molecule has 3 rings (SSSR count). The quantitative estimate of drug-likeness (QED) is 0.698. The van der Waals surface area contributed by atoms with Crippen molar-refractivity contribution in [3.63, 3.8) is 0 Å². The summed E-state index contributed by atoms with van der Waals surface area (Å²) in [7, 11) is 0. The molecule has 0 fully saturated rings. The third kappa shape index (κ3) is 2.77. The predicted octanol–water partition coefficient (Wildman–Crippen LogP) is 5.08. The van der Waals surface area contributed by atoms with Gasteiger partial charge in [0.05, 0.1) is 6.10 Å². The second-order valence-electron chi connectivity index (χ2n) is 4.64. The molecular weight excluding hydrogens is 339 g/mol. The molecule has 0 saturated carbocycles. The molecule has 0 aliphatic rings. The van der Waals surface area contributed by atoms with Crippen molar-refractivity contribution < 1.29 is 9.50 Å². The average molecular weight is 351 g/mol. The van der Waals surface area contributed by atoms with E-state index in [1.165, 1.54) is 6.07 Å². The van der Waals surface area contributed by atoms with Gasteiger partial charge in [-0.3, -0.25) is 0 Å². The second kappa shape index (κ2) is 5.64. The van der Waals surface area contributed by atoms with Crippen molar-refractivity contribution >= 4 is 37.4 Å². The number of rotatable bonds is 3. The maximum absolute atomic E-state index is 13.8. The Balaban J connectivity index is 1.86. The lowest BCUT2D eigenvalue weighted by Gasteiger charge is -2.09. The van der Waals surface area contributed by atoms with E-state index in [9.17, 15) is 9.50 Å². The zero-order chi connectivity index (χ0) is 14.1. The van der Waals surface area contributed by atoms with Gasteiger partial charge in [0.1, 0.15) is 5.82 Å². The number of halogens is 2. The van der Waals surface area contributed by atoms with E-state index in [2.05, 4.69) is 15.9 Å². The first-order valence-electron chi connectivity index (χ1n) is 6.24. The van der Waals surface area contributed by atoms with Crippen LogP contribution in [0, 0.1) is 5.82 Å². The minimum atomic E-state index is -0.678. The van der Waals surface area contributed by atoms with Gasteiger partial charge in [-0.05, 0) is 35.2 Å². The van der Waals surface area contributed by atoms with Gasteiger partial charge in [0.15, 0.2) is 0 Å². The van der Waals surface area contributed by atoms with Crippen molar-refractivity contribution in [2.45, 2.75) is 12.5 Å². The van der Waals surface area contributed by atoms with Crippen LogP contribution >= 0.6 is 27.3 Å². The lowest BCUT2D eigenvalue weighted by molar-refractivity contribution is 0.181. The topological polar surface area (TPSA) is 20.2 Å². The molecule has 20 heavy (non-hydrogen) atoms. The molecule has 0 aliphatic carbocycles. The lowest BCUT2D eigenvalue weighted by Crippen LogP contribution is -2.01. The van der Waals surface area contributed by atoms with E-state index >= 15 is 0 Å². The lowest BCUT2D eigenvalue weighted by atomic mass is 10.1. The zero-order valence-corrected chi connectivity index (χ0v) is 12.9. The molecule has 1 aromatic heterocycles. The van der Waals surface area contributed by atoms with Gasteiger partial charge in [0, 0.05) is 20.5 Å². The highest BCUT2D eigenvalue weighted by atomic mass is 79.9. The Labute approximate surface area is 128 Å². The third-order valence-corrected chi connectivity index (χ3v) is 4.91. The molecule has 3 aromatic rings. The molecule has 0 bridgehead atoms. The summed E-state index contributed by atoms with van der Waals surface area (Å²) >= 11 is 4.78. The number of hydrogen-bond acceptors (Lipinski definition) is 2. The summed E-state index contributed by atoms with van der Waals surface area (Å²) < 4.78 is 15.6. The SMILES string of the molecule is OC(Cc1ccc(Br)cc1F)c1cc2ccccc2s1. The average Bonchev–Trinajstić information content (AvgIpc) is 2.86. The van der Waals surface area contributed by atoms with E-state index in [0.29, 0.717) is 10.0 Å². The fourth-order valence-corrected chi connectivity index (χ4v) is 3.55. The maximum Gasteiger partial charge on any atom is 0.127 e. The van der Waals surface area contributed by atoms with Crippen molar-refractivity contribution in [3.8, 4) is 0 Å². The van der Waals surface area contributed by atoms with Crippen LogP contribution in [-0.4, -0.2) is 5.11 Å². The Bertz CT molecular complexity index is 720. The van der Waals surface area contributed by atoms with Crippen molar-refractivity contribution in [2.75, 3.05) is 0 Å². The van der Waals surface area contributed by atoms with E-state index in [0.717, 1.165) is 15.0 Å². The minimum Gasteiger partial charge on any atom is -0.387 e. The molecule has 1 nitrogen and oxygen atoms in total. The summed E-state index contributed by atoms with van der Waals surface area (Å²) in [5.74, 6) is -0.292. The van der Waals surface area contributed by atoms with Crippen LogP contribution in [0.3, 0.4) is 0 Å². The Kier molecular flexibility index (Phi) is 3.87. The Hall–Kier alpha value is -1.23. The molecule has 1 atom stereocenters. The highest BCUT2D eigenvalue weighted by Crippen LogP contribution is 2.32. The molecule has 2 aromatic carbocycles. The van der Waals surface area contributed by atoms with Gasteiger partial charge >= 0.3 is 0 Å². The largest absolute Gasteiger partial charge is 0.387 e. The Morgan fingerprint density at radius 3 is 2.70 bits per heavy atom. The Morgan fingerprint density at radius 2 is 1.95 bits per heavy atom. The fourth-order valence-electron chi connectivity index (χ4n) is 2.16. The van der Waals surface area contributed by atoms with Gasteiger partial charge in [0.2, 0.25) is 0 Å².